The zero-order valence-corrected chi connectivity index (χ0v) is 10.8. The molecule has 0 radical (unpaired) electrons. The molecule has 20 heavy (non-hydrogen) atoms. The highest BCUT2D eigenvalue weighted by atomic mass is 35.5. The fourth-order valence-electron chi connectivity index (χ4n) is 1.44. The average molecular weight is 313 g/mol. The van der Waals surface area contributed by atoms with E-state index in [4.69, 9.17) is 10.0 Å². The van der Waals surface area contributed by atoms with Crippen LogP contribution in [0.1, 0.15) is 12.5 Å². The number of rotatable bonds is 4. The Morgan fingerprint density at radius 3 is 2.25 bits per heavy atom. The van der Waals surface area contributed by atoms with Crippen LogP contribution in [0.3, 0.4) is 0 Å². The van der Waals surface area contributed by atoms with Gasteiger partial charge in [0.25, 0.3) is 0 Å². The summed E-state index contributed by atoms with van der Waals surface area (Å²) in [5.41, 5.74) is -2.18. The van der Waals surface area contributed by atoms with Crippen LogP contribution in [0.4, 0.5) is 23.2 Å². The van der Waals surface area contributed by atoms with Crippen molar-refractivity contribution in [3.63, 3.8) is 0 Å². The highest BCUT2D eigenvalue weighted by molar-refractivity contribution is 6.58. The summed E-state index contributed by atoms with van der Waals surface area (Å²) < 4.78 is 52.6. The molecule has 0 saturated carbocycles. The molecule has 0 heterocycles. The lowest BCUT2D eigenvalue weighted by molar-refractivity contribution is -0.163. The van der Waals surface area contributed by atoms with Crippen LogP contribution in [0.15, 0.2) is 18.2 Å². The molecule has 0 unspecified atom stereocenters. The summed E-state index contributed by atoms with van der Waals surface area (Å²) in [7, 11) is -2.01. The fourth-order valence-corrected chi connectivity index (χ4v) is 1.54. The van der Waals surface area contributed by atoms with Gasteiger partial charge in [0.2, 0.25) is 5.91 Å². The molecule has 1 rings (SSSR count). The monoisotopic (exact) mass is 313 g/mol. The van der Waals surface area contributed by atoms with Crippen molar-refractivity contribution in [3.8, 4) is 0 Å². The lowest BCUT2D eigenvalue weighted by Gasteiger charge is -2.24. The fraction of sp³-hybridized carbons (Fsp3) is 0.300. The summed E-state index contributed by atoms with van der Waals surface area (Å²) in [6.45, 7) is 0.975. The SMILES string of the molecule is CC(=O)Nc1cc(B(O)O)ccc1C(F)(F)C(F)(F)Cl. The van der Waals surface area contributed by atoms with E-state index in [0.717, 1.165) is 19.1 Å². The van der Waals surface area contributed by atoms with Crippen molar-refractivity contribution in [2.45, 2.75) is 18.2 Å². The van der Waals surface area contributed by atoms with Gasteiger partial charge in [0.1, 0.15) is 0 Å². The van der Waals surface area contributed by atoms with Crippen LogP contribution in [0.2, 0.25) is 0 Å². The van der Waals surface area contributed by atoms with Crippen molar-refractivity contribution >= 4 is 35.8 Å². The topological polar surface area (TPSA) is 69.6 Å². The predicted octanol–water partition coefficient (Wildman–Crippen LogP) is 1.25. The van der Waals surface area contributed by atoms with Crippen molar-refractivity contribution in [2.24, 2.45) is 0 Å². The first-order valence-corrected chi connectivity index (χ1v) is 5.57. The molecule has 0 saturated heterocycles. The average Bonchev–Trinajstić information content (AvgIpc) is 2.26. The number of anilines is 1. The summed E-state index contributed by atoms with van der Waals surface area (Å²) in [5.74, 6) is -5.56. The van der Waals surface area contributed by atoms with Crippen molar-refractivity contribution < 1.29 is 32.4 Å². The number of amides is 1. The molecule has 110 valence electrons. The molecule has 0 atom stereocenters. The molecule has 0 aliphatic rings. The number of hydrogen-bond acceptors (Lipinski definition) is 3. The van der Waals surface area contributed by atoms with Gasteiger partial charge >= 0.3 is 18.4 Å². The summed E-state index contributed by atoms with van der Waals surface area (Å²) in [6, 6.07) is 2.09. The zero-order valence-electron chi connectivity index (χ0n) is 10.0. The van der Waals surface area contributed by atoms with E-state index in [2.05, 4.69) is 11.6 Å². The Kier molecular flexibility index (Phi) is 4.68. The first kappa shape index (κ1) is 16.7. The third-order valence-electron chi connectivity index (χ3n) is 2.35. The maximum absolute atomic E-state index is 13.5. The van der Waals surface area contributed by atoms with Crippen molar-refractivity contribution in [1.82, 2.24) is 0 Å². The summed E-state index contributed by atoms with van der Waals surface area (Å²) in [5, 5.41) is 14.9. The van der Waals surface area contributed by atoms with E-state index in [1.165, 1.54) is 0 Å². The van der Waals surface area contributed by atoms with Crippen LogP contribution in [0.25, 0.3) is 0 Å². The minimum Gasteiger partial charge on any atom is -0.423 e. The molecule has 1 aromatic rings. The predicted molar refractivity (Wildman–Crippen MR) is 65.3 cm³/mol. The molecule has 3 N–H and O–H groups in total. The first-order chi connectivity index (χ1) is 8.96. The van der Waals surface area contributed by atoms with Gasteiger partial charge in [-0.2, -0.15) is 17.6 Å². The van der Waals surface area contributed by atoms with Gasteiger partial charge in [0.15, 0.2) is 0 Å². The van der Waals surface area contributed by atoms with Crippen LogP contribution in [0, 0.1) is 0 Å². The van der Waals surface area contributed by atoms with E-state index in [-0.39, 0.29) is 5.46 Å². The second kappa shape index (κ2) is 5.59. The molecule has 1 amide bonds. The van der Waals surface area contributed by atoms with Gasteiger partial charge < -0.3 is 15.4 Å². The molecule has 0 aromatic heterocycles. The summed E-state index contributed by atoms with van der Waals surface area (Å²) >= 11 is 4.38. The number of benzene rings is 1. The van der Waals surface area contributed by atoms with Crippen LogP contribution in [0.5, 0.6) is 0 Å². The highest BCUT2D eigenvalue weighted by Gasteiger charge is 2.57. The van der Waals surface area contributed by atoms with Gasteiger partial charge in [0, 0.05) is 12.6 Å². The third-order valence-corrected chi connectivity index (χ3v) is 2.58. The van der Waals surface area contributed by atoms with Crippen LogP contribution in [-0.2, 0) is 10.7 Å². The second-order valence-electron chi connectivity index (χ2n) is 3.93. The van der Waals surface area contributed by atoms with Gasteiger partial charge in [-0.3, -0.25) is 4.79 Å². The zero-order chi connectivity index (χ0) is 15.7. The molecule has 0 bridgehead atoms. The molecule has 0 fully saturated rings. The molecule has 1 aromatic carbocycles. The van der Waals surface area contributed by atoms with Gasteiger partial charge in [-0.05, 0) is 23.1 Å². The quantitative estimate of drug-likeness (QED) is 0.445. The van der Waals surface area contributed by atoms with Crippen molar-refractivity contribution in [2.75, 3.05) is 5.32 Å². The summed E-state index contributed by atoms with van der Waals surface area (Å²) in [6.07, 6.45) is 0. The van der Waals surface area contributed by atoms with Crippen LogP contribution < -0.4 is 10.8 Å². The Bertz CT molecular complexity index is 522. The van der Waals surface area contributed by atoms with Gasteiger partial charge in [0.05, 0.1) is 5.56 Å². The Balaban J connectivity index is 3.42. The normalized spacial score (nSPS) is 12.2. The summed E-state index contributed by atoms with van der Waals surface area (Å²) in [4.78, 5) is 10.9. The van der Waals surface area contributed by atoms with Crippen LogP contribution >= 0.6 is 11.6 Å². The van der Waals surface area contributed by atoms with Gasteiger partial charge in [-0.25, -0.2) is 0 Å². The second-order valence-corrected chi connectivity index (χ2v) is 4.41. The Morgan fingerprint density at radius 2 is 1.85 bits per heavy atom. The number of nitrogens with one attached hydrogen (secondary N) is 1. The number of carbonyl (C=O) groups is 1. The largest absolute Gasteiger partial charge is 0.488 e. The number of alkyl halides is 5. The van der Waals surface area contributed by atoms with Crippen LogP contribution in [-0.4, -0.2) is 28.5 Å². The molecule has 0 aliphatic carbocycles. The van der Waals surface area contributed by atoms with Gasteiger partial charge in [-0.15, -0.1) is 0 Å². The Labute approximate surface area is 116 Å². The minimum atomic E-state index is -4.88. The first-order valence-electron chi connectivity index (χ1n) is 5.19. The molecule has 0 spiro atoms. The third kappa shape index (κ3) is 3.41. The number of carbonyl (C=O) groups excluding carboxylic acids is 1. The molecular weight excluding hydrogens is 304 g/mol. The number of hydrogen-bond donors (Lipinski definition) is 3. The van der Waals surface area contributed by atoms with E-state index in [9.17, 15) is 22.4 Å². The molecule has 4 nitrogen and oxygen atoms in total. The van der Waals surface area contributed by atoms with E-state index >= 15 is 0 Å². The van der Waals surface area contributed by atoms with E-state index in [0.29, 0.717) is 6.07 Å². The number of halogens is 5. The maximum atomic E-state index is 13.5. The standard InChI is InChI=1S/C10H9BClF4NO3/c1-5(18)17-8-4-6(11(19)20)2-3-7(8)9(13,14)10(12,15)16/h2-4,19-20H,1H3,(H,17,18). The van der Waals surface area contributed by atoms with Gasteiger partial charge in [-0.1, -0.05) is 12.1 Å². The Hall–Kier alpha value is -1.32. The smallest absolute Gasteiger partial charge is 0.423 e. The molecule has 0 aliphatic heterocycles. The highest BCUT2D eigenvalue weighted by Crippen LogP contribution is 2.47. The lowest BCUT2D eigenvalue weighted by atomic mass is 9.79. The maximum Gasteiger partial charge on any atom is 0.488 e. The van der Waals surface area contributed by atoms with Crippen molar-refractivity contribution in [1.29, 1.82) is 0 Å². The van der Waals surface area contributed by atoms with E-state index in [1.54, 1.807) is 0 Å². The van der Waals surface area contributed by atoms with E-state index in [1.807, 2.05) is 5.32 Å². The minimum absolute atomic E-state index is 0.258. The van der Waals surface area contributed by atoms with E-state index < -0.39 is 35.6 Å². The molecular formula is C10H9BClF4NO3. The Morgan fingerprint density at radius 1 is 1.30 bits per heavy atom. The van der Waals surface area contributed by atoms with Crippen molar-refractivity contribution in [3.05, 3.63) is 23.8 Å². The lowest BCUT2D eigenvalue weighted by Crippen LogP contribution is -2.36. The molecule has 10 heteroatoms.